The van der Waals surface area contributed by atoms with E-state index in [1.54, 1.807) is 6.92 Å². The van der Waals surface area contributed by atoms with Gasteiger partial charge in [-0.3, -0.25) is 14.4 Å². The minimum atomic E-state index is -0.745. The summed E-state index contributed by atoms with van der Waals surface area (Å²) in [5.41, 5.74) is -0.745. The van der Waals surface area contributed by atoms with Gasteiger partial charge < -0.3 is 15.4 Å². The van der Waals surface area contributed by atoms with Gasteiger partial charge in [0.1, 0.15) is 5.60 Å². The summed E-state index contributed by atoms with van der Waals surface area (Å²) in [7, 11) is 0. The highest BCUT2D eigenvalue weighted by molar-refractivity contribution is 5.96. The van der Waals surface area contributed by atoms with E-state index in [4.69, 9.17) is 4.74 Å². The lowest BCUT2D eigenvalue weighted by Gasteiger charge is -2.21. The van der Waals surface area contributed by atoms with Crippen LogP contribution in [0.1, 0.15) is 27.2 Å². The minimum absolute atomic E-state index is 0.101. The van der Waals surface area contributed by atoms with E-state index in [-0.39, 0.29) is 24.2 Å². The summed E-state index contributed by atoms with van der Waals surface area (Å²) in [6, 6.07) is -0.557. The number of amides is 2. The molecule has 0 aromatic rings. The maximum Gasteiger partial charge on any atom is 0.239 e. The van der Waals surface area contributed by atoms with Crippen LogP contribution in [0.2, 0.25) is 0 Å². The van der Waals surface area contributed by atoms with E-state index in [0.29, 0.717) is 19.4 Å². The third-order valence-corrected chi connectivity index (χ3v) is 2.80. The SMILES string of the molecule is CC(C)C[C@H](NC(=O)CNC=O)C(=O)C1(C)CO1. The van der Waals surface area contributed by atoms with E-state index in [1.807, 2.05) is 13.8 Å². The fraction of sp³-hybridized carbons (Fsp3) is 0.750. The number of carbonyl (C=O) groups excluding carboxylic acids is 3. The second-order valence-corrected chi connectivity index (χ2v) is 5.13. The number of nitrogens with one attached hydrogen (secondary N) is 2. The van der Waals surface area contributed by atoms with E-state index in [9.17, 15) is 14.4 Å². The summed E-state index contributed by atoms with van der Waals surface area (Å²) < 4.78 is 5.11. The number of Topliss-reactive ketones (excluding diaryl/α,β-unsaturated/α-hetero) is 1. The first-order chi connectivity index (χ1) is 8.39. The Balaban J connectivity index is 2.57. The fourth-order valence-electron chi connectivity index (χ4n) is 1.70. The molecule has 18 heavy (non-hydrogen) atoms. The highest BCUT2D eigenvalue weighted by Gasteiger charge is 2.49. The lowest BCUT2D eigenvalue weighted by Crippen LogP contribution is -2.48. The number of hydrogen-bond donors (Lipinski definition) is 2. The first-order valence-electron chi connectivity index (χ1n) is 6.03. The van der Waals surface area contributed by atoms with Crippen LogP contribution in [0.4, 0.5) is 0 Å². The van der Waals surface area contributed by atoms with Gasteiger partial charge in [0, 0.05) is 0 Å². The Hall–Kier alpha value is -1.43. The van der Waals surface area contributed by atoms with Gasteiger partial charge in [-0.05, 0) is 19.3 Å². The van der Waals surface area contributed by atoms with Crippen molar-refractivity contribution in [1.82, 2.24) is 10.6 Å². The van der Waals surface area contributed by atoms with Gasteiger partial charge in [0.05, 0.1) is 19.2 Å². The summed E-state index contributed by atoms with van der Waals surface area (Å²) >= 11 is 0. The average Bonchev–Trinajstić information content (AvgIpc) is 3.03. The van der Waals surface area contributed by atoms with Crippen LogP contribution in [-0.2, 0) is 19.1 Å². The van der Waals surface area contributed by atoms with Gasteiger partial charge in [0.2, 0.25) is 12.3 Å². The number of ketones is 1. The average molecular weight is 256 g/mol. The van der Waals surface area contributed by atoms with Crippen LogP contribution in [0.25, 0.3) is 0 Å². The number of hydrogen-bond acceptors (Lipinski definition) is 4. The molecule has 0 aromatic heterocycles. The van der Waals surface area contributed by atoms with Crippen molar-refractivity contribution in [1.29, 1.82) is 0 Å². The molecule has 6 heteroatoms. The lowest BCUT2D eigenvalue weighted by atomic mass is 9.93. The van der Waals surface area contributed by atoms with Crippen molar-refractivity contribution >= 4 is 18.1 Å². The zero-order chi connectivity index (χ0) is 13.8. The van der Waals surface area contributed by atoms with E-state index >= 15 is 0 Å². The zero-order valence-electron chi connectivity index (χ0n) is 11.0. The second-order valence-electron chi connectivity index (χ2n) is 5.13. The highest BCUT2D eigenvalue weighted by atomic mass is 16.6. The molecule has 0 bridgehead atoms. The summed E-state index contributed by atoms with van der Waals surface area (Å²) in [5.74, 6) is -0.193. The van der Waals surface area contributed by atoms with E-state index in [1.165, 1.54) is 0 Å². The number of rotatable bonds is 8. The van der Waals surface area contributed by atoms with Gasteiger partial charge in [-0.25, -0.2) is 0 Å². The maximum absolute atomic E-state index is 12.1. The number of epoxide rings is 1. The molecule has 0 aliphatic carbocycles. The Morgan fingerprint density at radius 3 is 2.50 bits per heavy atom. The summed E-state index contributed by atoms with van der Waals surface area (Å²) in [4.78, 5) is 33.8. The molecule has 6 nitrogen and oxygen atoms in total. The molecule has 0 radical (unpaired) electrons. The smallest absolute Gasteiger partial charge is 0.239 e. The molecule has 2 amide bonds. The van der Waals surface area contributed by atoms with Crippen LogP contribution in [0.3, 0.4) is 0 Å². The molecule has 2 N–H and O–H groups in total. The third kappa shape index (κ3) is 4.10. The van der Waals surface area contributed by atoms with E-state index in [2.05, 4.69) is 10.6 Å². The van der Waals surface area contributed by atoms with Gasteiger partial charge in [-0.1, -0.05) is 13.8 Å². The van der Waals surface area contributed by atoms with Crippen LogP contribution in [0.15, 0.2) is 0 Å². The molecule has 1 aliphatic heterocycles. The molecule has 1 unspecified atom stereocenters. The maximum atomic E-state index is 12.1. The summed E-state index contributed by atoms with van der Waals surface area (Å²) in [6.45, 7) is 5.96. The quantitative estimate of drug-likeness (QED) is 0.458. The molecule has 102 valence electrons. The monoisotopic (exact) mass is 256 g/mol. The Bertz CT molecular complexity index is 337. The molecule has 1 aliphatic rings. The molecule has 0 saturated carbocycles. The van der Waals surface area contributed by atoms with Crippen molar-refractivity contribution < 1.29 is 19.1 Å². The summed E-state index contributed by atoms with van der Waals surface area (Å²) in [6.07, 6.45) is 1.01. The Kier molecular flexibility index (Phi) is 4.84. The Morgan fingerprint density at radius 1 is 1.44 bits per heavy atom. The third-order valence-electron chi connectivity index (χ3n) is 2.80. The normalized spacial score (nSPS) is 23.3. The standard InChI is InChI=1S/C12H20N2O4/c1-8(2)4-9(11(17)12(3)6-18-12)14-10(16)5-13-7-15/h7-9H,4-6H2,1-3H3,(H,13,15)(H,14,16)/t9-,12?/m0/s1. The van der Waals surface area contributed by atoms with Crippen LogP contribution in [0, 0.1) is 5.92 Å². The fourth-order valence-corrected chi connectivity index (χ4v) is 1.70. The molecule has 2 atom stereocenters. The van der Waals surface area contributed by atoms with Gasteiger partial charge in [0.15, 0.2) is 5.78 Å². The largest absolute Gasteiger partial charge is 0.361 e. The van der Waals surface area contributed by atoms with Crippen molar-refractivity contribution in [2.75, 3.05) is 13.2 Å². The van der Waals surface area contributed by atoms with Crippen molar-refractivity contribution in [2.24, 2.45) is 5.92 Å². The first kappa shape index (κ1) is 14.6. The molecule has 0 aromatic carbocycles. The number of carbonyl (C=O) groups is 3. The second kappa shape index (κ2) is 5.95. The molecule has 1 heterocycles. The molecular weight excluding hydrogens is 236 g/mol. The Morgan fingerprint density at radius 2 is 2.06 bits per heavy atom. The van der Waals surface area contributed by atoms with Crippen molar-refractivity contribution in [2.45, 2.75) is 38.8 Å². The molecule has 1 rings (SSSR count). The van der Waals surface area contributed by atoms with Crippen LogP contribution >= 0.6 is 0 Å². The van der Waals surface area contributed by atoms with Crippen LogP contribution < -0.4 is 10.6 Å². The zero-order valence-corrected chi connectivity index (χ0v) is 11.0. The van der Waals surface area contributed by atoms with Crippen molar-refractivity contribution in [3.63, 3.8) is 0 Å². The van der Waals surface area contributed by atoms with Crippen LogP contribution in [-0.4, -0.2) is 42.9 Å². The topological polar surface area (TPSA) is 87.8 Å². The predicted octanol–water partition coefficient (Wildman–Crippen LogP) is -0.379. The van der Waals surface area contributed by atoms with E-state index < -0.39 is 11.6 Å². The van der Waals surface area contributed by atoms with Crippen molar-refractivity contribution in [3.8, 4) is 0 Å². The lowest BCUT2D eigenvalue weighted by molar-refractivity contribution is -0.130. The van der Waals surface area contributed by atoms with Crippen molar-refractivity contribution in [3.05, 3.63) is 0 Å². The molecule has 1 fully saturated rings. The molecule has 0 spiro atoms. The van der Waals surface area contributed by atoms with Crippen LogP contribution in [0.5, 0.6) is 0 Å². The van der Waals surface area contributed by atoms with Gasteiger partial charge in [-0.2, -0.15) is 0 Å². The van der Waals surface area contributed by atoms with Gasteiger partial charge in [0.25, 0.3) is 0 Å². The number of ether oxygens (including phenoxy) is 1. The first-order valence-corrected chi connectivity index (χ1v) is 6.03. The van der Waals surface area contributed by atoms with Gasteiger partial charge >= 0.3 is 0 Å². The predicted molar refractivity (Wildman–Crippen MR) is 64.8 cm³/mol. The summed E-state index contributed by atoms with van der Waals surface area (Å²) in [5, 5.41) is 4.90. The minimum Gasteiger partial charge on any atom is -0.361 e. The Labute approximate surface area is 106 Å². The van der Waals surface area contributed by atoms with Gasteiger partial charge in [-0.15, -0.1) is 0 Å². The van der Waals surface area contributed by atoms with E-state index in [0.717, 1.165) is 0 Å². The molecule has 1 saturated heterocycles. The highest BCUT2D eigenvalue weighted by Crippen LogP contribution is 2.29. The molecular formula is C12H20N2O4.